The van der Waals surface area contributed by atoms with Crippen molar-refractivity contribution in [2.45, 2.75) is 43.9 Å². The molecule has 0 bridgehead atoms. The first kappa shape index (κ1) is 12.4. The average Bonchev–Trinajstić information content (AvgIpc) is 3.15. The SMILES string of the molecule is [B]c1cc2c(cc1F)N(C=O)CC21CCC2(CC2)CC1. The number of amides is 1. The summed E-state index contributed by atoms with van der Waals surface area (Å²) in [6.45, 7) is 0.685. The van der Waals surface area contributed by atoms with Gasteiger partial charge in [-0.1, -0.05) is 11.5 Å². The molecule has 1 aromatic rings. The minimum atomic E-state index is -0.429. The zero-order valence-corrected chi connectivity index (χ0v) is 11.5. The highest BCUT2D eigenvalue weighted by molar-refractivity contribution is 6.32. The van der Waals surface area contributed by atoms with Crippen LogP contribution in [0.5, 0.6) is 0 Å². The van der Waals surface area contributed by atoms with Gasteiger partial charge in [0.2, 0.25) is 6.41 Å². The molecule has 0 atom stereocenters. The fourth-order valence-electron chi connectivity index (χ4n) is 4.20. The van der Waals surface area contributed by atoms with Crippen LogP contribution in [0.1, 0.15) is 44.1 Å². The largest absolute Gasteiger partial charge is 0.314 e. The van der Waals surface area contributed by atoms with Gasteiger partial charge in [-0.05, 0) is 55.6 Å². The summed E-state index contributed by atoms with van der Waals surface area (Å²) in [6, 6.07) is 3.19. The van der Waals surface area contributed by atoms with Crippen molar-refractivity contribution in [1.82, 2.24) is 0 Å². The maximum absolute atomic E-state index is 13.7. The second kappa shape index (κ2) is 3.87. The lowest BCUT2D eigenvalue weighted by Gasteiger charge is -2.38. The summed E-state index contributed by atoms with van der Waals surface area (Å²) in [4.78, 5) is 13.0. The van der Waals surface area contributed by atoms with Gasteiger partial charge in [0.15, 0.2) is 0 Å². The molecule has 0 N–H and O–H groups in total. The predicted octanol–water partition coefficient (Wildman–Crippen LogP) is 2.19. The summed E-state index contributed by atoms with van der Waals surface area (Å²) in [6.07, 6.45) is 8.19. The lowest BCUT2D eigenvalue weighted by Crippen LogP contribution is -2.37. The molecule has 2 nitrogen and oxygen atoms in total. The Balaban J connectivity index is 1.77. The molecule has 1 aliphatic heterocycles. The van der Waals surface area contributed by atoms with Crippen LogP contribution in [0.2, 0.25) is 0 Å². The van der Waals surface area contributed by atoms with E-state index in [0.717, 1.165) is 30.5 Å². The zero-order valence-electron chi connectivity index (χ0n) is 11.5. The molecule has 1 aromatic carbocycles. The van der Waals surface area contributed by atoms with E-state index in [4.69, 9.17) is 7.85 Å². The highest BCUT2D eigenvalue weighted by atomic mass is 19.1. The van der Waals surface area contributed by atoms with E-state index in [1.807, 2.05) is 0 Å². The Morgan fingerprint density at radius 1 is 1.15 bits per heavy atom. The van der Waals surface area contributed by atoms with Gasteiger partial charge in [0.25, 0.3) is 0 Å². The Labute approximate surface area is 119 Å². The zero-order chi connectivity index (χ0) is 14.0. The van der Waals surface area contributed by atoms with Crippen LogP contribution in [0.25, 0.3) is 0 Å². The van der Waals surface area contributed by atoms with Crippen molar-refractivity contribution >= 4 is 25.4 Å². The Hall–Kier alpha value is -1.32. The molecule has 1 amide bonds. The molecular formula is C16H17BFNO. The molecule has 2 fully saturated rings. The van der Waals surface area contributed by atoms with Crippen molar-refractivity contribution < 1.29 is 9.18 Å². The van der Waals surface area contributed by atoms with Crippen LogP contribution in [0.3, 0.4) is 0 Å². The minimum absolute atomic E-state index is 0.00586. The van der Waals surface area contributed by atoms with E-state index < -0.39 is 5.82 Å². The second-order valence-corrected chi connectivity index (χ2v) is 6.90. The number of halogens is 1. The summed E-state index contributed by atoms with van der Waals surface area (Å²) in [5.74, 6) is -0.429. The Kier molecular flexibility index (Phi) is 2.40. The normalized spacial score (nSPS) is 24.9. The summed E-state index contributed by atoms with van der Waals surface area (Å²) in [5.41, 5.74) is 2.61. The number of fused-ring (bicyclic) bond motifs is 2. The van der Waals surface area contributed by atoms with Gasteiger partial charge in [0.05, 0.1) is 5.69 Å². The lowest BCUT2D eigenvalue weighted by atomic mass is 9.66. The number of nitrogens with zero attached hydrogens (tertiary/aromatic N) is 1. The van der Waals surface area contributed by atoms with E-state index >= 15 is 0 Å². The van der Waals surface area contributed by atoms with Gasteiger partial charge in [-0.3, -0.25) is 4.79 Å². The Morgan fingerprint density at radius 3 is 2.40 bits per heavy atom. The third kappa shape index (κ3) is 1.60. The topological polar surface area (TPSA) is 20.3 Å². The molecule has 3 aliphatic rings. The molecule has 4 heteroatoms. The molecule has 2 saturated carbocycles. The summed E-state index contributed by atoms with van der Waals surface area (Å²) >= 11 is 0. The molecule has 2 radical (unpaired) electrons. The standard InChI is InChI=1S/C16H17BFNO/c17-12-7-11-14(8-13(12)18)19(10-20)9-16(11)5-3-15(1-2-15)4-6-16/h7-8,10H,1-6,9H2. The van der Waals surface area contributed by atoms with Crippen LogP contribution in [0.15, 0.2) is 12.1 Å². The molecule has 2 aliphatic carbocycles. The summed E-state index contributed by atoms with van der Waals surface area (Å²) < 4.78 is 13.7. The molecule has 2 spiro atoms. The van der Waals surface area contributed by atoms with Crippen LogP contribution in [-0.2, 0) is 10.2 Å². The van der Waals surface area contributed by atoms with E-state index in [2.05, 4.69) is 0 Å². The van der Waals surface area contributed by atoms with Crippen molar-refractivity contribution in [3.8, 4) is 0 Å². The van der Waals surface area contributed by atoms with Crippen LogP contribution in [-0.4, -0.2) is 20.8 Å². The Bertz CT molecular complexity index is 586. The monoisotopic (exact) mass is 269 g/mol. The molecule has 1 heterocycles. The third-order valence-corrected chi connectivity index (χ3v) is 5.82. The van der Waals surface area contributed by atoms with Crippen molar-refractivity contribution in [3.05, 3.63) is 23.5 Å². The van der Waals surface area contributed by atoms with Crippen molar-refractivity contribution in [3.63, 3.8) is 0 Å². The third-order valence-electron chi connectivity index (χ3n) is 5.82. The molecule has 102 valence electrons. The van der Waals surface area contributed by atoms with Crippen molar-refractivity contribution in [1.29, 1.82) is 0 Å². The number of carbonyl (C=O) groups is 1. The van der Waals surface area contributed by atoms with Gasteiger partial charge >= 0.3 is 0 Å². The molecule has 0 saturated heterocycles. The van der Waals surface area contributed by atoms with Gasteiger partial charge < -0.3 is 4.90 Å². The number of benzene rings is 1. The summed E-state index contributed by atoms with van der Waals surface area (Å²) in [7, 11) is 5.75. The fraction of sp³-hybridized carbons (Fsp3) is 0.562. The van der Waals surface area contributed by atoms with Gasteiger partial charge in [0, 0.05) is 12.0 Å². The molecule has 20 heavy (non-hydrogen) atoms. The Morgan fingerprint density at radius 2 is 1.80 bits per heavy atom. The first-order valence-electron chi connectivity index (χ1n) is 7.39. The van der Waals surface area contributed by atoms with Gasteiger partial charge in [-0.2, -0.15) is 0 Å². The van der Waals surface area contributed by atoms with Gasteiger partial charge in [-0.15, -0.1) is 0 Å². The van der Waals surface area contributed by atoms with Gasteiger partial charge in [0.1, 0.15) is 13.7 Å². The highest BCUT2D eigenvalue weighted by Crippen LogP contribution is 2.62. The van der Waals surface area contributed by atoms with Crippen LogP contribution in [0, 0.1) is 11.2 Å². The number of hydrogen-bond donors (Lipinski definition) is 0. The lowest BCUT2D eigenvalue weighted by molar-refractivity contribution is -0.107. The first-order valence-corrected chi connectivity index (χ1v) is 7.39. The number of hydrogen-bond acceptors (Lipinski definition) is 1. The molecule has 0 unspecified atom stereocenters. The van der Waals surface area contributed by atoms with Crippen LogP contribution < -0.4 is 10.4 Å². The maximum Gasteiger partial charge on any atom is 0.214 e. The van der Waals surface area contributed by atoms with E-state index in [-0.39, 0.29) is 10.9 Å². The molecule has 4 rings (SSSR count). The van der Waals surface area contributed by atoms with E-state index in [0.29, 0.717) is 12.0 Å². The smallest absolute Gasteiger partial charge is 0.214 e. The maximum atomic E-state index is 13.7. The van der Waals surface area contributed by atoms with Crippen molar-refractivity contribution in [2.75, 3.05) is 11.4 Å². The average molecular weight is 269 g/mol. The van der Waals surface area contributed by atoms with E-state index in [1.165, 1.54) is 31.7 Å². The van der Waals surface area contributed by atoms with Crippen LogP contribution in [0.4, 0.5) is 10.1 Å². The number of carbonyl (C=O) groups excluding carboxylic acids is 1. The number of anilines is 1. The van der Waals surface area contributed by atoms with Crippen molar-refractivity contribution in [2.24, 2.45) is 5.41 Å². The predicted molar refractivity (Wildman–Crippen MR) is 77.0 cm³/mol. The molecular weight excluding hydrogens is 252 g/mol. The van der Waals surface area contributed by atoms with E-state index in [1.54, 1.807) is 11.0 Å². The van der Waals surface area contributed by atoms with Gasteiger partial charge in [-0.25, -0.2) is 4.39 Å². The minimum Gasteiger partial charge on any atom is -0.314 e. The number of rotatable bonds is 1. The second-order valence-electron chi connectivity index (χ2n) is 6.90. The first-order chi connectivity index (χ1) is 9.57. The fourth-order valence-corrected chi connectivity index (χ4v) is 4.20. The quantitative estimate of drug-likeness (QED) is 0.565. The van der Waals surface area contributed by atoms with E-state index in [9.17, 15) is 9.18 Å². The highest BCUT2D eigenvalue weighted by Gasteiger charge is 2.52. The van der Waals surface area contributed by atoms with Crippen LogP contribution >= 0.6 is 0 Å². The summed E-state index contributed by atoms with van der Waals surface area (Å²) in [5, 5.41) is 0. The molecule has 0 aromatic heterocycles.